The van der Waals surface area contributed by atoms with Gasteiger partial charge in [-0.15, -0.1) is 0 Å². The topological polar surface area (TPSA) is 52.6 Å². The zero-order valence-corrected chi connectivity index (χ0v) is 9.64. The zero-order chi connectivity index (χ0) is 12.3. The van der Waals surface area contributed by atoms with Gasteiger partial charge in [0.15, 0.2) is 0 Å². The highest BCUT2D eigenvalue weighted by Crippen LogP contribution is 2.21. The molecule has 0 aromatic heterocycles. The molecule has 0 amide bonds. The number of rotatable bonds is 3. The minimum Gasteiger partial charge on any atom is -0.463 e. The van der Waals surface area contributed by atoms with E-state index in [2.05, 4.69) is 0 Å². The average molecular weight is 234 g/mol. The van der Waals surface area contributed by atoms with Crippen LogP contribution in [0, 0.1) is 0 Å². The molecule has 4 heteroatoms. The van der Waals surface area contributed by atoms with Gasteiger partial charge in [-0.05, 0) is 18.1 Å². The summed E-state index contributed by atoms with van der Waals surface area (Å²) in [5.41, 5.74) is 1.37. The first kappa shape index (κ1) is 11.6. The maximum Gasteiger partial charge on any atom is 0.347 e. The second-order valence-electron chi connectivity index (χ2n) is 3.92. The van der Waals surface area contributed by atoms with Crippen LogP contribution in [0.15, 0.2) is 24.3 Å². The predicted octanol–water partition coefficient (Wildman–Crippen LogP) is 1.72. The summed E-state index contributed by atoms with van der Waals surface area (Å²) < 4.78 is 10.0. The fraction of sp³-hybridized carbons (Fsp3) is 0.385. The number of carbonyl (C=O) groups excluding carboxylic acids is 2. The van der Waals surface area contributed by atoms with Gasteiger partial charge in [-0.2, -0.15) is 0 Å². The molecule has 1 aromatic rings. The van der Waals surface area contributed by atoms with Crippen molar-refractivity contribution in [3.63, 3.8) is 0 Å². The molecule has 0 radical (unpaired) electrons. The Bertz CT molecular complexity index is 439. The molecule has 17 heavy (non-hydrogen) atoms. The van der Waals surface area contributed by atoms with Crippen LogP contribution in [0.4, 0.5) is 0 Å². The summed E-state index contributed by atoms with van der Waals surface area (Å²) in [6.45, 7) is 2.27. The molecule has 1 aromatic carbocycles. The van der Waals surface area contributed by atoms with Crippen LogP contribution in [0.25, 0.3) is 0 Å². The zero-order valence-electron chi connectivity index (χ0n) is 9.64. The standard InChI is InChI=1S/C13H14O4/c1-2-7-16-13(15)11-8-9-5-3-4-6-10(9)12(14)17-11/h3-6,11H,2,7-8H2,1H3. The summed E-state index contributed by atoms with van der Waals surface area (Å²) >= 11 is 0. The second kappa shape index (κ2) is 4.99. The van der Waals surface area contributed by atoms with Gasteiger partial charge in [-0.3, -0.25) is 0 Å². The van der Waals surface area contributed by atoms with Crippen molar-refractivity contribution in [2.24, 2.45) is 0 Å². The number of cyclic esters (lactones) is 1. The van der Waals surface area contributed by atoms with Gasteiger partial charge in [0.2, 0.25) is 6.10 Å². The van der Waals surface area contributed by atoms with E-state index in [-0.39, 0.29) is 0 Å². The van der Waals surface area contributed by atoms with Crippen LogP contribution >= 0.6 is 0 Å². The average Bonchev–Trinajstić information content (AvgIpc) is 2.36. The van der Waals surface area contributed by atoms with Crippen molar-refractivity contribution in [2.45, 2.75) is 25.9 Å². The Morgan fingerprint density at radius 2 is 2.24 bits per heavy atom. The lowest BCUT2D eigenvalue weighted by Crippen LogP contribution is -2.35. The fourth-order valence-electron chi connectivity index (χ4n) is 1.76. The molecule has 1 heterocycles. The molecule has 0 saturated heterocycles. The molecule has 1 aliphatic rings. The Balaban J connectivity index is 2.11. The summed E-state index contributed by atoms with van der Waals surface area (Å²) in [5.74, 6) is -0.917. The molecule has 0 aliphatic carbocycles. The van der Waals surface area contributed by atoms with Crippen molar-refractivity contribution in [1.29, 1.82) is 0 Å². The molecule has 1 aliphatic heterocycles. The minimum atomic E-state index is -0.802. The summed E-state index contributed by atoms with van der Waals surface area (Å²) in [6, 6.07) is 7.14. The first-order chi connectivity index (χ1) is 8.22. The molecule has 1 unspecified atom stereocenters. The molecule has 0 spiro atoms. The molecular formula is C13H14O4. The van der Waals surface area contributed by atoms with Gasteiger partial charge in [-0.1, -0.05) is 25.1 Å². The first-order valence-electron chi connectivity index (χ1n) is 5.68. The Hall–Kier alpha value is -1.84. The molecule has 90 valence electrons. The molecule has 0 saturated carbocycles. The molecule has 2 rings (SSSR count). The number of fused-ring (bicyclic) bond motifs is 1. The molecule has 0 bridgehead atoms. The third kappa shape index (κ3) is 2.46. The molecule has 4 nitrogen and oxygen atoms in total. The van der Waals surface area contributed by atoms with Gasteiger partial charge >= 0.3 is 11.9 Å². The van der Waals surface area contributed by atoms with Crippen LogP contribution < -0.4 is 0 Å². The Morgan fingerprint density at radius 3 is 3.00 bits per heavy atom. The van der Waals surface area contributed by atoms with E-state index in [0.717, 1.165) is 12.0 Å². The van der Waals surface area contributed by atoms with E-state index in [0.29, 0.717) is 18.6 Å². The Kier molecular flexibility index (Phi) is 3.42. The van der Waals surface area contributed by atoms with E-state index >= 15 is 0 Å². The first-order valence-corrected chi connectivity index (χ1v) is 5.68. The lowest BCUT2D eigenvalue weighted by molar-refractivity contribution is -0.154. The number of benzene rings is 1. The molecule has 0 fully saturated rings. The quantitative estimate of drug-likeness (QED) is 0.747. The van der Waals surface area contributed by atoms with Crippen LogP contribution in [-0.2, 0) is 20.7 Å². The summed E-state index contributed by atoms with van der Waals surface area (Å²) in [7, 11) is 0. The third-order valence-electron chi connectivity index (χ3n) is 2.60. The number of carbonyl (C=O) groups is 2. The Morgan fingerprint density at radius 1 is 1.47 bits per heavy atom. The SMILES string of the molecule is CCCOC(=O)C1Cc2ccccc2C(=O)O1. The van der Waals surface area contributed by atoms with Crippen molar-refractivity contribution in [3.8, 4) is 0 Å². The van der Waals surface area contributed by atoms with Crippen LogP contribution in [0.3, 0.4) is 0 Å². The van der Waals surface area contributed by atoms with Crippen LogP contribution in [0.2, 0.25) is 0 Å². The van der Waals surface area contributed by atoms with Crippen LogP contribution in [0.5, 0.6) is 0 Å². The summed E-state index contributed by atoms with van der Waals surface area (Å²) in [4.78, 5) is 23.3. The summed E-state index contributed by atoms with van der Waals surface area (Å²) in [5, 5.41) is 0. The van der Waals surface area contributed by atoms with Gasteiger partial charge in [-0.25, -0.2) is 9.59 Å². The molecular weight excluding hydrogens is 220 g/mol. The van der Waals surface area contributed by atoms with Gasteiger partial charge < -0.3 is 9.47 Å². The van der Waals surface area contributed by atoms with E-state index < -0.39 is 18.0 Å². The highest BCUT2D eigenvalue weighted by atomic mass is 16.6. The highest BCUT2D eigenvalue weighted by molar-refractivity contribution is 5.94. The maximum absolute atomic E-state index is 11.6. The van der Waals surface area contributed by atoms with Crippen molar-refractivity contribution in [3.05, 3.63) is 35.4 Å². The maximum atomic E-state index is 11.6. The van der Waals surface area contributed by atoms with Crippen molar-refractivity contribution < 1.29 is 19.1 Å². The fourth-order valence-corrected chi connectivity index (χ4v) is 1.76. The van der Waals surface area contributed by atoms with E-state index in [4.69, 9.17) is 9.47 Å². The van der Waals surface area contributed by atoms with E-state index in [1.807, 2.05) is 19.1 Å². The van der Waals surface area contributed by atoms with Crippen molar-refractivity contribution in [1.82, 2.24) is 0 Å². The predicted molar refractivity (Wildman–Crippen MR) is 60.6 cm³/mol. The monoisotopic (exact) mass is 234 g/mol. The van der Waals surface area contributed by atoms with E-state index in [1.165, 1.54) is 0 Å². The third-order valence-corrected chi connectivity index (χ3v) is 2.60. The van der Waals surface area contributed by atoms with Crippen LogP contribution in [-0.4, -0.2) is 24.6 Å². The lowest BCUT2D eigenvalue weighted by atomic mass is 9.99. The number of hydrogen-bond donors (Lipinski definition) is 0. The lowest BCUT2D eigenvalue weighted by Gasteiger charge is -2.22. The smallest absolute Gasteiger partial charge is 0.347 e. The van der Waals surface area contributed by atoms with Crippen LogP contribution in [0.1, 0.15) is 29.3 Å². The Labute approximate surface area is 99.5 Å². The van der Waals surface area contributed by atoms with Crippen molar-refractivity contribution >= 4 is 11.9 Å². The highest BCUT2D eigenvalue weighted by Gasteiger charge is 2.31. The number of esters is 2. The number of hydrogen-bond acceptors (Lipinski definition) is 4. The second-order valence-corrected chi connectivity index (χ2v) is 3.92. The van der Waals surface area contributed by atoms with Gasteiger partial charge in [0.25, 0.3) is 0 Å². The molecule has 0 N–H and O–H groups in total. The molecule has 1 atom stereocenters. The normalized spacial score (nSPS) is 18.2. The van der Waals surface area contributed by atoms with Crippen molar-refractivity contribution in [2.75, 3.05) is 6.61 Å². The van der Waals surface area contributed by atoms with Gasteiger partial charge in [0, 0.05) is 6.42 Å². The summed E-state index contributed by atoms with van der Waals surface area (Å²) in [6.07, 6.45) is 0.344. The largest absolute Gasteiger partial charge is 0.463 e. The minimum absolute atomic E-state index is 0.356. The van der Waals surface area contributed by atoms with Gasteiger partial charge in [0.1, 0.15) is 0 Å². The number of ether oxygens (including phenoxy) is 2. The van der Waals surface area contributed by atoms with Gasteiger partial charge in [0.05, 0.1) is 12.2 Å². The van der Waals surface area contributed by atoms with E-state index in [9.17, 15) is 9.59 Å². The van der Waals surface area contributed by atoms with E-state index in [1.54, 1.807) is 12.1 Å².